The molecule has 0 radical (unpaired) electrons. The van der Waals surface area contributed by atoms with Gasteiger partial charge in [-0.3, -0.25) is 14.5 Å². The Morgan fingerprint density at radius 1 is 1.09 bits per heavy atom. The molecule has 2 aliphatic rings. The van der Waals surface area contributed by atoms with Crippen molar-refractivity contribution in [2.24, 2.45) is 0 Å². The number of ether oxygens (including phenoxy) is 1. The van der Waals surface area contributed by atoms with Crippen LogP contribution in [-0.4, -0.2) is 56.1 Å². The summed E-state index contributed by atoms with van der Waals surface area (Å²) in [7, 11) is 0. The number of carboxylic acid groups (broad SMARTS) is 1. The average Bonchev–Trinajstić information content (AvgIpc) is 2.92. The van der Waals surface area contributed by atoms with Crippen molar-refractivity contribution in [1.29, 1.82) is 0 Å². The maximum absolute atomic E-state index is 12.2. The van der Waals surface area contributed by atoms with Gasteiger partial charge in [0.05, 0.1) is 11.1 Å². The summed E-state index contributed by atoms with van der Waals surface area (Å²) >= 11 is 0. The minimum atomic E-state index is -1.43. The van der Waals surface area contributed by atoms with E-state index in [1.807, 2.05) is 0 Å². The van der Waals surface area contributed by atoms with Crippen molar-refractivity contribution < 1.29 is 39.2 Å². The highest BCUT2D eigenvalue weighted by molar-refractivity contribution is 6.23. The maximum atomic E-state index is 12.2. The lowest BCUT2D eigenvalue weighted by atomic mass is 10.1. The number of amides is 2. The first-order valence-corrected chi connectivity index (χ1v) is 6.18. The van der Waals surface area contributed by atoms with Crippen LogP contribution in [0.15, 0.2) is 12.1 Å². The molecule has 114 valence electrons. The molecule has 1 saturated heterocycles. The molecule has 22 heavy (non-hydrogen) atoms. The number of benzene rings is 1. The molecular weight excluding hydrogens is 298 g/mol. The predicted molar refractivity (Wildman–Crippen MR) is 66.2 cm³/mol. The first kappa shape index (κ1) is 13.9. The summed E-state index contributed by atoms with van der Waals surface area (Å²) < 4.78 is 4.61. The van der Waals surface area contributed by atoms with E-state index in [2.05, 4.69) is 4.74 Å². The van der Waals surface area contributed by atoms with Gasteiger partial charge >= 0.3 is 11.9 Å². The van der Waals surface area contributed by atoms with Crippen LogP contribution in [0.5, 0.6) is 11.5 Å². The van der Waals surface area contributed by atoms with Crippen LogP contribution in [0.2, 0.25) is 0 Å². The minimum Gasteiger partial charge on any atom is -0.504 e. The van der Waals surface area contributed by atoms with Gasteiger partial charge in [0.2, 0.25) is 6.10 Å². The first-order valence-electron chi connectivity index (χ1n) is 6.18. The van der Waals surface area contributed by atoms with Crippen molar-refractivity contribution in [1.82, 2.24) is 4.90 Å². The monoisotopic (exact) mass is 307 g/mol. The molecule has 3 N–H and O–H groups in total. The second-order valence-electron chi connectivity index (χ2n) is 4.88. The molecule has 0 aliphatic carbocycles. The molecular formula is C13H9NO8. The highest BCUT2D eigenvalue weighted by Crippen LogP contribution is 2.36. The molecule has 2 heterocycles. The number of imide groups is 1. The highest BCUT2D eigenvalue weighted by atomic mass is 16.6. The number of carbonyl (C=O) groups excluding carboxylic acids is 3. The smallest absolute Gasteiger partial charge is 0.345 e. The number of cyclic esters (lactones) is 1. The molecule has 0 spiro atoms. The summed E-state index contributed by atoms with van der Waals surface area (Å²) in [5.41, 5.74) is -0.348. The quantitative estimate of drug-likeness (QED) is 0.376. The van der Waals surface area contributed by atoms with Gasteiger partial charge in [-0.05, 0) is 12.1 Å². The first-order chi connectivity index (χ1) is 10.3. The third kappa shape index (κ3) is 1.79. The summed E-state index contributed by atoms with van der Waals surface area (Å²) in [5, 5.41) is 27.6. The minimum absolute atomic E-state index is 0.174. The number of fused-ring (bicyclic) bond motifs is 1. The van der Waals surface area contributed by atoms with Crippen LogP contribution in [0.1, 0.15) is 27.1 Å². The molecule has 0 saturated carbocycles. The van der Waals surface area contributed by atoms with Gasteiger partial charge in [0.1, 0.15) is 6.04 Å². The van der Waals surface area contributed by atoms with E-state index in [1.165, 1.54) is 0 Å². The second kappa shape index (κ2) is 4.45. The van der Waals surface area contributed by atoms with Crippen molar-refractivity contribution in [3.8, 4) is 11.5 Å². The average molecular weight is 307 g/mol. The van der Waals surface area contributed by atoms with Crippen LogP contribution < -0.4 is 0 Å². The van der Waals surface area contributed by atoms with Crippen molar-refractivity contribution in [2.75, 3.05) is 0 Å². The van der Waals surface area contributed by atoms with Gasteiger partial charge in [-0.1, -0.05) is 0 Å². The third-order valence-corrected chi connectivity index (χ3v) is 3.57. The summed E-state index contributed by atoms with van der Waals surface area (Å²) in [6, 6.07) is 0.484. The number of phenols is 2. The molecule has 1 aromatic carbocycles. The number of esters is 1. The predicted octanol–water partition coefficient (Wildman–Crippen LogP) is -0.538. The van der Waals surface area contributed by atoms with E-state index >= 15 is 0 Å². The second-order valence-corrected chi connectivity index (χ2v) is 4.88. The Kier molecular flexibility index (Phi) is 2.80. The molecule has 1 fully saturated rings. The Morgan fingerprint density at radius 3 is 2.00 bits per heavy atom. The van der Waals surface area contributed by atoms with Gasteiger partial charge in [0.15, 0.2) is 11.5 Å². The SMILES string of the molecule is O=C(O)C1CC(N2C(=O)c3cc(O)c(O)cc3C2=O)C(=O)O1. The number of hydrogen-bond acceptors (Lipinski definition) is 7. The molecule has 9 heteroatoms. The molecule has 2 aliphatic heterocycles. The number of hydrogen-bond donors (Lipinski definition) is 3. The molecule has 2 atom stereocenters. The van der Waals surface area contributed by atoms with Gasteiger partial charge in [0.25, 0.3) is 11.8 Å². The van der Waals surface area contributed by atoms with E-state index in [0.717, 1.165) is 12.1 Å². The van der Waals surface area contributed by atoms with Crippen LogP contribution in [0.25, 0.3) is 0 Å². The fourth-order valence-electron chi connectivity index (χ4n) is 2.49. The fourth-order valence-corrected chi connectivity index (χ4v) is 2.49. The summed E-state index contributed by atoms with van der Waals surface area (Å²) in [6.07, 6.45) is -1.78. The zero-order valence-corrected chi connectivity index (χ0v) is 10.8. The summed E-state index contributed by atoms with van der Waals surface area (Å²) in [6.45, 7) is 0. The van der Waals surface area contributed by atoms with Crippen molar-refractivity contribution in [3.05, 3.63) is 23.3 Å². The van der Waals surface area contributed by atoms with Gasteiger partial charge < -0.3 is 20.1 Å². The van der Waals surface area contributed by atoms with Crippen LogP contribution in [0.4, 0.5) is 0 Å². The Morgan fingerprint density at radius 2 is 1.59 bits per heavy atom. The van der Waals surface area contributed by atoms with Crippen LogP contribution in [-0.2, 0) is 14.3 Å². The number of nitrogens with zero attached hydrogens (tertiary/aromatic N) is 1. The van der Waals surface area contributed by atoms with Crippen LogP contribution in [0, 0.1) is 0 Å². The molecule has 0 aromatic heterocycles. The van der Waals surface area contributed by atoms with Crippen molar-refractivity contribution in [3.63, 3.8) is 0 Å². The number of rotatable bonds is 2. The standard InChI is InChI=1S/C13H9NO8/c15-7-1-4-5(2-8(7)16)11(18)14(10(4)17)6-3-9(12(19)20)22-13(6)21/h1-2,6,9,15-16H,3H2,(H,19,20). The van der Waals surface area contributed by atoms with Gasteiger partial charge in [0, 0.05) is 6.42 Å². The largest absolute Gasteiger partial charge is 0.504 e. The van der Waals surface area contributed by atoms with E-state index in [4.69, 9.17) is 5.11 Å². The van der Waals surface area contributed by atoms with Crippen LogP contribution >= 0.6 is 0 Å². The molecule has 2 amide bonds. The van der Waals surface area contributed by atoms with Gasteiger partial charge in [-0.25, -0.2) is 9.59 Å². The van der Waals surface area contributed by atoms with Gasteiger partial charge in [-0.2, -0.15) is 0 Å². The summed E-state index contributed by atoms with van der Waals surface area (Å²) in [4.78, 5) is 47.6. The zero-order valence-electron chi connectivity index (χ0n) is 10.8. The third-order valence-electron chi connectivity index (χ3n) is 3.57. The summed E-state index contributed by atoms with van der Waals surface area (Å²) in [5.74, 6) is -5.25. The highest BCUT2D eigenvalue weighted by Gasteiger charge is 2.50. The Labute approximate surface area is 122 Å². The lowest BCUT2D eigenvalue weighted by Crippen LogP contribution is -2.42. The van der Waals surface area contributed by atoms with E-state index in [1.54, 1.807) is 0 Å². The number of phenolic OH excluding ortho intramolecular Hbond substituents is 2. The zero-order chi connectivity index (χ0) is 16.2. The molecule has 0 bridgehead atoms. The Balaban J connectivity index is 1.98. The molecule has 1 aromatic rings. The molecule has 9 nitrogen and oxygen atoms in total. The topological polar surface area (TPSA) is 141 Å². The fraction of sp³-hybridized carbons (Fsp3) is 0.231. The maximum Gasteiger partial charge on any atom is 0.345 e. The normalized spacial score (nSPS) is 23.6. The van der Waals surface area contributed by atoms with E-state index in [-0.39, 0.29) is 17.5 Å². The van der Waals surface area contributed by atoms with Crippen molar-refractivity contribution in [2.45, 2.75) is 18.6 Å². The lowest BCUT2D eigenvalue weighted by Gasteiger charge is -2.17. The molecule has 3 rings (SSSR count). The number of carbonyl (C=O) groups is 4. The van der Waals surface area contributed by atoms with E-state index in [9.17, 15) is 29.4 Å². The molecule has 2 unspecified atom stereocenters. The van der Waals surface area contributed by atoms with Crippen molar-refractivity contribution >= 4 is 23.8 Å². The van der Waals surface area contributed by atoms with E-state index in [0.29, 0.717) is 4.90 Å². The van der Waals surface area contributed by atoms with Gasteiger partial charge in [-0.15, -0.1) is 0 Å². The number of carboxylic acids is 1. The Hall–Kier alpha value is -3.10. The number of aliphatic carboxylic acids is 1. The number of aromatic hydroxyl groups is 2. The Bertz CT molecular complexity index is 699. The van der Waals surface area contributed by atoms with E-state index < -0.39 is 47.4 Å². The van der Waals surface area contributed by atoms with Crippen LogP contribution in [0.3, 0.4) is 0 Å². The lowest BCUT2D eigenvalue weighted by molar-refractivity contribution is -0.157.